The Balaban J connectivity index is 2.20. The summed E-state index contributed by atoms with van der Waals surface area (Å²) in [4.78, 5) is 2.35. The summed E-state index contributed by atoms with van der Waals surface area (Å²) >= 11 is 0. The van der Waals surface area contributed by atoms with E-state index in [0.717, 1.165) is 36.7 Å². The molecule has 0 bridgehead atoms. The summed E-state index contributed by atoms with van der Waals surface area (Å²) in [5.74, 6) is 2.26. The number of likely N-dealkylation sites (N-methyl/N-ethyl adjacent to an activating group) is 1. The number of ether oxygens (including phenoxy) is 3. The second-order valence-corrected chi connectivity index (χ2v) is 5.08. The quantitative estimate of drug-likeness (QED) is 0.855. The van der Waals surface area contributed by atoms with Crippen LogP contribution in [0.2, 0.25) is 0 Å². The molecule has 1 unspecified atom stereocenters. The fraction of sp³-hybridized carbons (Fsp3) is 0.600. The van der Waals surface area contributed by atoms with E-state index in [9.17, 15) is 0 Å². The van der Waals surface area contributed by atoms with E-state index in [1.807, 2.05) is 12.1 Å². The third-order valence-corrected chi connectivity index (χ3v) is 3.86. The van der Waals surface area contributed by atoms with Crippen LogP contribution in [0.15, 0.2) is 12.1 Å². The molecule has 0 saturated carbocycles. The molecule has 1 aromatic rings. The van der Waals surface area contributed by atoms with E-state index in [1.54, 1.807) is 21.3 Å². The molecule has 1 saturated heterocycles. The molecular weight excluding hydrogens is 256 g/mol. The molecule has 1 aromatic carbocycles. The molecule has 112 valence electrons. The van der Waals surface area contributed by atoms with Crippen molar-refractivity contribution in [3.8, 4) is 17.2 Å². The number of rotatable bonds is 6. The molecule has 20 heavy (non-hydrogen) atoms. The highest BCUT2D eigenvalue weighted by Crippen LogP contribution is 2.35. The molecule has 1 fully saturated rings. The number of methoxy groups -OCH3 is 3. The van der Waals surface area contributed by atoms with Gasteiger partial charge in [0, 0.05) is 30.8 Å². The van der Waals surface area contributed by atoms with E-state index in [1.165, 1.54) is 6.42 Å². The van der Waals surface area contributed by atoms with Gasteiger partial charge >= 0.3 is 0 Å². The lowest BCUT2D eigenvalue weighted by atomic mass is 10.1. The monoisotopic (exact) mass is 280 g/mol. The van der Waals surface area contributed by atoms with Crippen molar-refractivity contribution in [2.24, 2.45) is 0 Å². The Morgan fingerprint density at radius 1 is 1.10 bits per heavy atom. The van der Waals surface area contributed by atoms with Gasteiger partial charge < -0.3 is 19.5 Å². The maximum atomic E-state index is 5.47. The zero-order chi connectivity index (χ0) is 14.5. The maximum Gasteiger partial charge on any atom is 0.164 e. The molecule has 1 aliphatic heterocycles. The van der Waals surface area contributed by atoms with Crippen LogP contribution in [0.1, 0.15) is 12.0 Å². The topological polar surface area (TPSA) is 43.0 Å². The van der Waals surface area contributed by atoms with Gasteiger partial charge in [-0.1, -0.05) is 0 Å². The number of hydrogen-bond acceptors (Lipinski definition) is 5. The second kappa shape index (κ2) is 6.81. The van der Waals surface area contributed by atoms with Crippen molar-refractivity contribution in [2.45, 2.75) is 19.0 Å². The first-order chi connectivity index (χ1) is 9.69. The fourth-order valence-corrected chi connectivity index (χ4v) is 2.63. The molecule has 1 atom stereocenters. The molecular formula is C15H24N2O3. The van der Waals surface area contributed by atoms with Gasteiger partial charge in [0.05, 0.1) is 21.3 Å². The summed E-state index contributed by atoms with van der Waals surface area (Å²) in [5, 5.41) is 3.39. The Labute approximate surface area is 120 Å². The van der Waals surface area contributed by atoms with Crippen LogP contribution in [0.5, 0.6) is 17.2 Å². The molecule has 5 heteroatoms. The Bertz CT molecular complexity index is 445. The van der Waals surface area contributed by atoms with E-state index in [4.69, 9.17) is 14.2 Å². The second-order valence-electron chi connectivity index (χ2n) is 5.08. The predicted octanol–water partition coefficient (Wildman–Crippen LogP) is 1.51. The number of nitrogens with zero attached hydrogens (tertiary/aromatic N) is 1. The standard InChI is InChI=1S/C15H24N2O3/c1-17(12-5-6-16-9-12)10-11-7-14(19-3)15(20-4)8-13(11)18-2/h7-8,12,16H,5-6,9-10H2,1-4H3. The van der Waals surface area contributed by atoms with Crippen LogP contribution in [-0.4, -0.2) is 52.4 Å². The van der Waals surface area contributed by atoms with E-state index < -0.39 is 0 Å². The maximum absolute atomic E-state index is 5.47. The lowest BCUT2D eigenvalue weighted by Gasteiger charge is -2.25. The minimum atomic E-state index is 0.577. The van der Waals surface area contributed by atoms with Gasteiger partial charge in [-0.25, -0.2) is 0 Å². The third kappa shape index (κ3) is 3.16. The molecule has 1 N–H and O–H groups in total. The minimum absolute atomic E-state index is 0.577. The van der Waals surface area contributed by atoms with Crippen LogP contribution >= 0.6 is 0 Å². The molecule has 0 aliphatic carbocycles. The normalized spacial score (nSPS) is 18.4. The molecule has 0 radical (unpaired) electrons. The summed E-state index contributed by atoms with van der Waals surface area (Å²) in [7, 11) is 7.11. The SMILES string of the molecule is COc1cc(OC)c(OC)cc1CN(C)C1CCNC1. The lowest BCUT2D eigenvalue weighted by molar-refractivity contribution is 0.244. The Morgan fingerprint density at radius 3 is 2.30 bits per heavy atom. The summed E-state index contributed by atoms with van der Waals surface area (Å²) in [6, 6.07) is 4.46. The van der Waals surface area contributed by atoms with Crippen molar-refractivity contribution in [3.05, 3.63) is 17.7 Å². The Hall–Kier alpha value is -1.46. The fourth-order valence-electron chi connectivity index (χ4n) is 2.63. The van der Waals surface area contributed by atoms with E-state index in [0.29, 0.717) is 11.8 Å². The smallest absolute Gasteiger partial charge is 0.164 e. The van der Waals surface area contributed by atoms with Crippen molar-refractivity contribution >= 4 is 0 Å². The van der Waals surface area contributed by atoms with Crippen LogP contribution in [-0.2, 0) is 6.54 Å². The minimum Gasteiger partial charge on any atom is -0.496 e. The molecule has 2 rings (SSSR count). The van der Waals surface area contributed by atoms with Crippen LogP contribution in [0.4, 0.5) is 0 Å². The zero-order valence-electron chi connectivity index (χ0n) is 12.7. The van der Waals surface area contributed by atoms with Crippen LogP contribution in [0, 0.1) is 0 Å². The van der Waals surface area contributed by atoms with Gasteiger partial charge in [0.1, 0.15) is 5.75 Å². The highest BCUT2D eigenvalue weighted by Gasteiger charge is 2.21. The van der Waals surface area contributed by atoms with Gasteiger partial charge in [-0.15, -0.1) is 0 Å². The van der Waals surface area contributed by atoms with Crippen LogP contribution in [0.3, 0.4) is 0 Å². The largest absolute Gasteiger partial charge is 0.496 e. The van der Waals surface area contributed by atoms with Crippen LogP contribution < -0.4 is 19.5 Å². The highest BCUT2D eigenvalue weighted by molar-refractivity contribution is 5.50. The van der Waals surface area contributed by atoms with Gasteiger partial charge in [-0.3, -0.25) is 4.90 Å². The molecule has 1 aliphatic rings. The van der Waals surface area contributed by atoms with Gasteiger partial charge in [-0.2, -0.15) is 0 Å². The van der Waals surface area contributed by atoms with Crippen LogP contribution in [0.25, 0.3) is 0 Å². The zero-order valence-corrected chi connectivity index (χ0v) is 12.7. The summed E-state index contributed by atoms with van der Waals surface area (Å²) in [6.07, 6.45) is 1.19. The average Bonchev–Trinajstić information content (AvgIpc) is 3.01. The van der Waals surface area contributed by atoms with Crippen molar-refractivity contribution < 1.29 is 14.2 Å². The molecule has 0 aromatic heterocycles. The summed E-state index contributed by atoms with van der Waals surface area (Å²) < 4.78 is 16.2. The average molecular weight is 280 g/mol. The van der Waals surface area contributed by atoms with Crippen molar-refractivity contribution in [3.63, 3.8) is 0 Å². The first kappa shape index (κ1) is 14.9. The summed E-state index contributed by atoms with van der Waals surface area (Å²) in [5.41, 5.74) is 1.11. The van der Waals surface area contributed by atoms with Gasteiger partial charge in [0.15, 0.2) is 11.5 Å². The number of benzene rings is 1. The first-order valence-corrected chi connectivity index (χ1v) is 6.89. The lowest BCUT2D eigenvalue weighted by Crippen LogP contribution is -2.32. The number of hydrogen-bond donors (Lipinski definition) is 1. The summed E-state index contributed by atoms with van der Waals surface area (Å²) in [6.45, 7) is 2.97. The highest BCUT2D eigenvalue weighted by atomic mass is 16.5. The van der Waals surface area contributed by atoms with Gasteiger partial charge in [-0.05, 0) is 26.1 Å². The third-order valence-electron chi connectivity index (χ3n) is 3.86. The Kier molecular flexibility index (Phi) is 5.09. The first-order valence-electron chi connectivity index (χ1n) is 6.89. The molecule has 0 spiro atoms. The van der Waals surface area contributed by atoms with Crippen molar-refractivity contribution in [2.75, 3.05) is 41.5 Å². The molecule has 0 amide bonds. The number of nitrogens with one attached hydrogen (secondary N) is 1. The van der Waals surface area contributed by atoms with E-state index in [2.05, 4.69) is 17.3 Å². The van der Waals surface area contributed by atoms with Crippen molar-refractivity contribution in [1.82, 2.24) is 10.2 Å². The van der Waals surface area contributed by atoms with Crippen molar-refractivity contribution in [1.29, 1.82) is 0 Å². The molecule has 5 nitrogen and oxygen atoms in total. The van der Waals surface area contributed by atoms with E-state index in [-0.39, 0.29) is 0 Å². The van der Waals surface area contributed by atoms with E-state index >= 15 is 0 Å². The molecule has 1 heterocycles. The van der Waals surface area contributed by atoms with Gasteiger partial charge in [0.25, 0.3) is 0 Å². The van der Waals surface area contributed by atoms with Gasteiger partial charge in [0.2, 0.25) is 0 Å². The predicted molar refractivity (Wildman–Crippen MR) is 78.8 cm³/mol. The Morgan fingerprint density at radius 2 is 1.75 bits per heavy atom.